The molecular weight excluding hydrogens is 463 g/mol. The third kappa shape index (κ3) is 4.33. The van der Waals surface area contributed by atoms with Crippen LogP contribution in [0.25, 0.3) is 0 Å². The number of amides is 1. The van der Waals surface area contributed by atoms with Gasteiger partial charge in [0.25, 0.3) is 5.91 Å². The second kappa shape index (κ2) is 8.62. The Labute approximate surface area is 187 Å². The van der Waals surface area contributed by atoms with Gasteiger partial charge in [-0.25, -0.2) is 12.8 Å². The summed E-state index contributed by atoms with van der Waals surface area (Å²) in [5.74, 6) is -1.01. The zero-order valence-corrected chi connectivity index (χ0v) is 18.8. The van der Waals surface area contributed by atoms with Crippen molar-refractivity contribution in [2.24, 2.45) is 0 Å². The van der Waals surface area contributed by atoms with Gasteiger partial charge in [-0.15, -0.1) is 10.2 Å². The predicted octanol–water partition coefficient (Wildman–Crippen LogP) is 4.42. The minimum atomic E-state index is -3.81. The number of nitrogens with zero attached hydrogens (tertiary/aromatic N) is 3. The van der Waals surface area contributed by atoms with Gasteiger partial charge in [0.1, 0.15) is 10.8 Å². The first-order chi connectivity index (χ1) is 14.8. The number of hydrogen-bond donors (Lipinski definition) is 1. The summed E-state index contributed by atoms with van der Waals surface area (Å²) in [6.45, 7) is 2.00. The Kier molecular flexibility index (Phi) is 6.07. The molecule has 11 heteroatoms. The number of aromatic nitrogens is 2. The Morgan fingerprint density at radius 3 is 2.81 bits per heavy atom. The average molecular weight is 481 g/mol. The highest BCUT2D eigenvalue weighted by Crippen LogP contribution is 2.39. The van der Waals surface area contributed by atoms with Crippen LogP contribution in [-0.2, 0) is 10.0 Å². The number of hydrogen-bond acceptors (Lipinski definition) is 6. The lowest BCUT2D eigenvalue weighted by molar-refractivity contribution is 0.102. The maximum atomic E-state index is 13.3. The Bertz CT molecular complexity index is 1250. The zero-order valence-electron chi connectivity index (χ0n) is 16.4. The van der Waals surface area contributed by atoms with E-state index in [0.29, 0.717) is 40.7 Å². The van der Waals surface area contributed by atoms with Gasteiger partial charge in [-0.05, 0) is 55.7 Å². The van der Waals surface area contributed by atoms with Crippen LogP contribution in [0.5, 0.6) is 0 Å². The lowest BCUT2D eigenvalue weighted by Gasteiger charge is -2.23. The molecule has 0 bridgehead atoms. The van der Waals surface area contributed by atoms with Crippen molar-refractivity contribution in [1.29, 1.82) is 0 Å². The van der Waals surface area contributed by atoms with Crippen molar-refractivity contribution in [2.45, 2.75) is 30.7 Å². The third-order valence-electron chi connectivity index (χ3n) is 5.01. The lowest BCUT2D eigenvalue weighted by atomic mass is 10.2. The summed E-state index contributed by atoms with van der Waals surface area (Å²) in [4.78, 5) is 12.6. The first-order valence-electron chi connectivity index (χ1n) is 9.44. The fourth-order valence-electron chi connectivity index (χ4n) is 3.48. The van der Waals surface area contributed by atoms with Gasteiger partial charge in [-0.3, -0.25) is 4.79 Å². The van der Waals surface area contributed by atoms with Crippen LogP contribution in [0.4, 0.5) is 10.1 Å². The molecule has 31 heavy (non-hydrogen) atoms. The van der Waals surface area contributed by atoms with Gasteiger partial charge in [-0.1, -0.05) is 35.1 Å². The van der Waals surface area contributed by atoms with Crippen LogP contribution in [-0.4, -0.2) is 35.4 Å². The summed E-state index contributed by atoms with van der Waals surface area (Å²) in [6, 6.07) is 9.77. The van der Waals surface area contributed by atoms with Crippen LogP contribution < -0.4 is 5.32 Å². The molecule has 1 amide bonds. The number of rotatable bonds is 5. The van der Waals surface area contributed by atoms with Crippen LogP contribution in [0.3, 0.4) is 0 Å². The maximum absolute atomic E-state index is 13.3. The molecular formula is C20H18ClFN4O3S2. The number of nitrogens with one attached hydrogen (secondary N) is 1. The van der Waals surface area contributed by atoms with E-state index >= 15 is 0 Å². The molecule has 1 atom stereocenters. The van der Waals surface area contributed by atoms with Crippen molar-refractivity contribution in [3.8, 4) is 0 Å². The van der Waals surface area contributed by atoms with Crippen molar-refractivity contribution >= 4 is 44.6 Å². The molecule has 162 valence electrons. The van der Waals surface area contributed by atoms with Crippen LogP contribution in [0.2, 0.25) is 5.02 Å². The second-order valence-corrected chi connectivity index (χ2v) is 10.3. The Morgan fingerprint density at radius 2 is 2.03 bits per heavy atom. The van der Waals surface area contributed by atoms with Crippen LogP contribution >= 0.6 is 22.9 Å². The zero-order chi connectivity index (χ0) is 22.2. The normalized spacial score (nSPS) is 17.1. The summed E-state index contributed by atoms with van der Waals surface area (Å²) in [5.41, 5.74) is 0.783. The van der Waals surface area contributed by atoms with E-state index in [0.717, 1.165) is 11.3 Å². The highest BCUT2D eigenvalue weighted by Gasteiger charge is 2.39. The van der Waals surface area contributed by atoms with Crippen molar-refractivity contribution < 1.29 is 17.6 Å². The average Bonchev–Trinajstić information content (AvgIpc) is 3.39. The molecule has 4 rings (SSSR count). The summed E-state index contributed by atoms with van der Waals surface area (Å²) in [5, 5.41) is 11.4. The molecule has 0 saturated carbocycles. The number of halogens is 2. The van der Waals surface area contributed by atoms with E-state index in [2.05, 4.69) is 15.5 Å². The van der Waals surface area contributed by atoms with Crippen molar-refractivity contribution in [3.05, 3.63) is 68.9 Å². The van der Waals surface area contributed by atoms with Crippen LogP contribution in [0.15, 0.2) is 47.4 Å². The summed E-state index contributed by atoms with van der Waals surface area (Å²) >= 11 is 7.15. The molecule has 2 aromatic carbocycles. The predicted molar refractivity (Wildman–Crippen MR) is 116 cm³/mol. The smallest absolute Gasteiger partial charge is 0.286 e. The highest BCUT2D eigenvalue weighted by atomic mass is 35.5. The molecule has 1 unspecified atom stereocenters. The molecule has 1 aliphatic heterocycles. The van der Waals surface area contributed by atoms with E-state index in [-0.39, 0.29) is 9.90 Å². The number of carbonyl (C=O) groups is 1. The fourth-order valence-corrected chi connectivity index (χ4v) is 6.57. The first-order valence-corrected chi connectivity index (χ1v) is 12.1. The molecule has 7 nitrogen and oxygen atoms in total. The Balaban J connectivity index is 1.58. The molecule has 0 aliphatic carbocycles. The number of benzene rings is 2. The van der Waals surface area contributed by atoms with Gasteiger partial charge >= 0.3 is 0 Å². The van der Waals surface area contributed by atoms with E-state index in [9.17, 15) is 17.6 Å². The molecule has 1 N–H and O–H groups in total. The molecule has 1 aromatic heterocycles. The van der Waals surface area contributed by atoms with E-state index in [1.807, 2.05) is 0 Å². The molecule has 1 fully saturated rings. The number of anilines is 1. The summed E-state index contributed by atoms with van der Waals surface area (Å²) < 4.78 is 41.3. The van der Waals surface area contributed by atoms with Crippen molar-refractivity contribution in [2.75, 3.05) is 11.9 Å². The maximum Gasteiger partial charge on any atom is 0.286 e. The lowest BCUT2D eigenvalue weighted by Crippen LogP contribution is -2.31. The monoisotopic (exact) mass is 480 g/mol. The van der Waals surface area contributed by atoms with Gasteiger partial charge in [-0.2, -0.15) is 4.31 Å². The van der Waals surface area contributed by atoms with Gasteiger partial charge < -0.3 is 5.32 Å². The van der Waals surface area contributed by atoms with E-state index in [1.165, 1.54) is 28.6 Å². The van der Waals surface area contributed by atoms with E-state index in [1.54, 1.807) is 25.1 Å². The third-order valence-corrected chi connectivity index (χ3v) is 8.50. The minimum absolute atomic E-state index is 0.0717. The molecule has 1 saturated heterocycles. The van der Waals surface area contributed by atoms with E-state index in [4.69, 9.17) is 11.6 Å². The SMILES string of the molecule is Cc1c(Cl)cccc1S(=O)(=O)N1CCCC1c1nnc(C(=O)Nc2cccc(F)c2)s1. The molecule has 2 heterocycles. The highest BCUT2D eigenvalue weighted by molar-refractivity contribution is 7.89. The quantitative estimate of drug-likeness (QED) is 0.583. The summed E-state index contributed by atoms with van der Waals surface area (Å²) in [7, 11) is -3.81. The number of carbonyl (C=O) groups excluding carboxylic acids is 1. The topological polar surface area (TPSA) is 92.3 Å². The molecule has 0 radical (unpaired) electrons. The Morgan fingerprint density at radius 1 is 1.26 bits per heavy atom. The van der Waals surface area contributed by atoms with E-state index < -0.39 is 27.8 Å². The molecule has 3 aromatic rings. The van der Waals surface area contributed by atoms with Crippen LogP contribution in [0, 0.1) is 12.7 Å². The van der Waals surface area contributed by atoms with Crippen molar-refractivity contribution in [1.82, 2.24) is 14.5 Å². The minimum Gasteiger partial charge on any atom is -0.320 e. The standard InChI is InChI=1S/C20H18ClFN4O3S2/c1-12-15(21)7-3-9-17(12)31(28,29)26-10-4-8-16(26)19-24-25-20(30-19)18(27)23-14-6-2-5-13(22)11-14/h2-3,5-7,9,11,16H,4,8,10H2,1H3,(H,23,27). The Hall–Kier alpha value is -2.40. The van der Waals surface area contributed by atoms with Crippen LogP contribution in [0.1, 0.15) is 39.3 Å². The fraction of sp³-hybridized carbons (Fsp3) is 0.250. The second-order valence-electron chi connectivity index (χ2n) is 7.05. The van der Waals surface area contributed by atoms with Crippen molar-refractivity contribution in [3.63, 3.8) is 0 Å². The van der Waals surface area contributed by atoms with Gasteiger partial charge in [0.15, 0.2) is 0 Å². The van der Waals surface area contributed by atoms with Gasteiger partial charge in [0, 0.05) is 17.3 Å². The number of sulfonamides is 1. The molecule has 0 spiro atoms. The largest absolute Gasteiger partial charge is 0.320 e. The summed E-state index contributed by atoms with van der Waals surface area (Å²) in [6.07, 6.45) is 1.23. The molecule has 1 aliphatic rings. The first kappa shape index (κ1) is 21.8. The van der Waals surface area contributed by atoms with Gasteiger partial charge in [0.05, 0.1) is 10.9 Å². The van der Waals surface area contributed by atoms with Gasteiger partial charge in [0.2, 0.25) is 15.0 Å².